The molecule has 3 aromatic rings. The van der Waals surface area contributed by atoms with Gasteiger partial charge in [-0.2, -0.15) is 4.80 Å². The fourth-order valence-electron chi connectivity index (χ4n) is 1.97. The highest BCUT2D eigenvalue weighted by molar-refractivity contribution is 5.56. The Morgan fingerprint density at radius 1 is 1.14 bits per heavy atom. The first-order chi connectivity index (χ1) is 10.3. The van der Waals surface area contributed by atoms with Gasteiger partial charge >= 0.3 is 0 Å². The summed E-state index contributed by atoms with van der Waals surface area (Å²) in [6.45, 7) is 0.240. The Bertz CT molecular complexity index is 757. The van der Waals surface area contributed by atoms with E-state index < -0.39 is 0 Å². The Labute approximate surface area is 121 Å². The van der Waals surface area contributed by atoms with Gasteiger partial charge in [0.05, 0.1) is 13.7 Å². The zero-order chi connectivity index (χ0) is 14.7. The van der Waals surface area contributed by atoms with Gasteiger partial charge in [0.2, 0.25) is 5.82 Å². The molecule has 1 heterocycles. The lowest BCUT2D eigenvalue weighted by Crippen LogP contribution is -2.05. The van der Waals surface area contributed by atoms with Gasteiger partial charge in [0.15, 0.2) is 0 Å². The number of tetrazole rings is 1. The number of ether oxygens (including phenoxy) is 1. The van der Waals surface area contributed by atoms with E-state index in [0.29, 0.717) is 11.4 Å². The Balaban J connectivity index is 1.85. The number of hydrogen-bond donors (Lipinski definition) is 0. The normalized spacial score (nSPS) is 10.6. The zero-order valence-electron chi connectivity index (χ0n) is 11.4. The van der Waals surface area contributed by atoms with E-state index in [0.717, 1.165) is 11.3 Å². The molecule has 2 aromatic carbocycles. The van der Waals surface area contributed by atoms with Gasteiger partial charge in [0, 0.05) is 11.1 Å². The molecule has 6 heteroatoms. The molecule has 0 spiro atoms. The van der Waals surface area contributed by atoms with Crippen molar-refractivity contribution in [3.63, 3.8) is 0 Å². The maximum Gasteiger partial charge on any atom is 0.205 e. The molecule has 5 nitrogen and oxygen atoms in total. The number of hydrogen-bond acceptors (Lipinski definition) is 4. The molecule has 106 valence electrons. The molecule has 0 amide bonds. The van der Waals surface area contributed by atoms with Crippen molar-refractivity contribution >= 4 is 0 Å². The Morgan fingerprint density at radius 3 is 2.81 bits per heavy atom. The Kier molecular flexibility index (Phi) is 3.59. The predicted molar refractivity (Wildman–Crippen MR) is 75.3 cm³/mol. The van der Waals surface area contributed by atoms with Crippen LogP contribution in [0.1, 0.15) is 5.56 Å². The molecule has 1 aromatic heterocycles. The minimum Gasteiger partial charge on any atom is -0.497 e. The molecular formula is C15H13FN4O. The van der Waals surface area contributed by atoms with Crippen LogP contribution in [0.5, 0.6) is 5.75 Å². The van der Waals surface area contributed by atoms with Crippen LogP contribution < -0.4 is 4.74 Å². The van der Waals surface area contributed by atoms with Crippen LogP contribution in [0, 0.1) is 5.82 Å². The number of aromatic nitrogens is 4. The van der Waals surface area contributed by atoms with Crippen molar-refractivity contribution in [3.8, 4) is 17.1 Å². The molecule has 0 aliphatic heterocycles. The summed E-state index contributed by atoms with van der Waals surface area (Å²) < 4.78 is 18.8. The van der Waals surface area contributed by atoms with E-state index in [-0.39, 0.29) is 12.4 Å². The van der Waals surface area contributed by atoms with Crippen molar-refractivity contribution in [2.45, 2.75) is 6.54 Å². The first kappa shape index (κ1) is 13.2. The van der Waals surface area contributed by atoms with Gasteiger partial charge in [-0.15, -0.1) is 10.2 Å². The van der Waals surface area contributed by atoms with Crippen LogP contribution in [0.3, 0.4) is 0 Å². The van der Waals surface area contributed by atoms with Crippen LogP contribution >= 0.6 is 0 Å². The molecule has 0 bridgehead atoms. The van der Waals surface area contributed by atoms with Gasteiger partial charge in [0.25, 0.3) is 0 Å². The van der Waals surface area contributed by atoms with Crippen molar-refractivity contribution in [2.24, 2.45) is 0 Å². The summed E-state index contributed by atoms with van der Waals surface area (Å²) in [5.74, 6) is 0.918. The molecule has 0 radical (unpaired) electrons. The average Bonchev–Trinajstić information content (AvgIpc) is 2.98. The quantitative estimate of drug-likeness (QED) is 0.738. The summed E-state index contributed by atoms with van der Waals surface area (Å²) in [5.41, 5.74) is 1.32. The second-order valence-electron chi connectivity index (χ2n) is 4.47. The zero-order valence-corrected chi connectivity index (χ0v) is 11.4. The van der Waals surface area contributed by atoms with E-state index in [1.54, 1.807) is 25.3 Å². The summed E-state index contributed by atoms with van der Waals surface area (Å²) in [6, 6.07) is 13.9. The lowest BCUT2D eigenvalue weighted by Gasteiger charge is -2.01. The summed E-state index contributed by atoms with van der Waals surface area (Å²) >= 11 is 0. The number of methoxy groups -OCH3 is 1. The molecule has 0 aliphatic rings. The van der Waals surface area contributed by atoms with Crippen LogP contribution in [-0.4, -0.2) is 27.3 Å². The van der Waals surface area contributed by atoms with Crippen LogP contribution in [0.25, 0.3) is 11.4 Å². The van der Waals surface area contributed by atoms with E-state index in [1.165, 1.54) is 10.9 Å². The van der Waals surface area contributed by atoms with Gasteiger partial charge in [-0.05, 0) is 23.4 Å². The smallest absolute Gasteiger partial charge is 0.205 e. The number of benzene rings is 2. The van der Waals surface area contributed by atoms with Crippen LogP contribution in [0.15, 0.2) is 48.5 Å². The van der Waals surface area contributed by atoms with Crippen molar-refractivity contribution < 1.29 is 9.13 Å². The van der Waals surface area contributed by atoms with Gasteiger partial charge in [-0.25, -0.2) is 4.39 Å². The Morgan fingerprint density at radius 2 is 2.00 bits per heavy atom. The highest BCUT2D eigenvalue weighted by Gasteiger charge is 2.09. The summed E-state index contributed by atoms with van der Waals surface area (Å²) in [6.07, 6.45) is 0. The largest absolute Gasteiger partial charge is 0.497 e. The second kappa shape index (κ2) is 5.70. The minimum absolute atomic E-state index is 0.240. The van der Waals surface area contributed by atoms with Crippen LogP contribution in [0.2, 0.25) is 0 Å². The third-order valence-electron chi connectivity index (χ3n) is 3.05. The van der Waals surface area contributed by atoms with Gasteiger partial charge < -0.3 is 4.74 Å². The fraction of sp³-hybridized carbons (Fsp3) is 0.133. The highest BCUT2D eigenvalue weighted by Crippen LogP contribution is 2.20. The molecule has 0 unspecified atom stereocenters. The topological polar surface area (TPSA) is 52.8 Å². The second-order valence-corrected chi connectivity index (χ2v) is 4.47. The van der Waals surface area contributed by atoms with E-state index in [4.69, 9.17) is 4.74 Å². The highest BCUT2D eigenvalue weighted by atomic mass is 19.1. The van der Waals surface area contributed by atoms with Gasteiger partial charge in [-0.3, -0.25) is 0 Å². The molecule has 0 saturated carbocycles. The molecular weight excluding hydrogens is 271 g/mol. The number of rotatable bonds is 4. The molecule has 0 N–H and O–H groups in total. The predicted octanol–water partition coefficient (Wildman–Crippen LogP) is 2.54. The lowest BCUT2D eigenvalue weighted by atomic mass is 10.2. The fourth-order valence-corrected chi connectivity index (χ4v) is 1.97. The van der Waals surface area contributed by atoms with Crippen LogP contribution in [-0.2, 0) is 6.54 Å². The maximum atomic E-state index is 13.6. The average molecular weight is 284 g/mol. The maximum absolute atomic E-state index is 13.6. The minimum atomic E-state index is -0.280. The van der Waals surface area contributed by atoms with E-state index in [1.807, 2.05) is 24.3 Å². The van der Waals surface area contributed by atoms with Crippen molar-refractivity contribution in [1.29, 1.82) is 0 Å². The van der Waals surface area contributed by atoms with E-state index in [2.05, 4.69) is 15.4 Å². The van der Waals surface area contributed by atoms with Gasteiger partial charge in [-0.1, -0.05) is 30.3 Å². The van der Waals surface area contributed by atoms with E-state index in [9.17, 15) is 4.39 Å². The molecule has 0 saturated heterocycles. The molecule has 0 aliphatic carbocycles. The third kappa shape index (κ3) is 2.89. The first-order valence-corrected chi connectivity index (χ1v) is 6.42. The summed E-state index contributed by atoms with van der Waals surface area (Å²) in [4.78, 5) is 1.37. The number of halogens is 1. The summed E-state index contributed by atoms with van der Waals surface area (Å²) in [5, 5.41) is 12.2. The van der Waals surface area contributed by atoms with E-state index >= 15 is 0 Å². The lowest BCUT2D eigenvalue weighted by molar-refractivity contribution is 0.415. The van der Waals surface area contributed by atoms with Crippen molar-refractivity contribution in [3.05, 3.63) is 59.9 Å². The molecule has 0 fully saturated rings. The van der Waals surface area contributed by atoms with Gasteiger partial charge in [0.1, 0.15) is 11.6 Å². The SMILES string of the molecule is COc1cccc(-c2nnn(Cc3ccccc3F)n2)c1. The standard InChI is InChI=1S/C15H13FN4O/c1-21-13-7-4-6-11(9-13)15-17-19-20(18-15)10-12-5-2-3-8-14(12)16/h2-9H,10H2,1H3. The molecule has 3 rings (SSSR count). The monoisotopic (exact) mass is 284 g/mol. The summed E-state index contributed by atoms with van der Waals surface area (Å²) in [7, 11) is 1.60. The third-order valence-corrected chi connectivity index (χ3v) is 3.05. The van der Waals surface area contributed by atoms with Crippen molar-refractivity contribution in [1.82, 2.24) is 20.2 Å². The number of nitrogens with zero attached hydrogens (tertiary/aromatic N) is 4. The Hall–Kier alpha value is -2.76. The van der Waals surface area contributed by atoms with Crippen LogP contribution in [0.4, 0.5) is 4.39 Å². The van der Waals surface area contributed by atoms with Crippen molar-refractivity contribution in [2.75, 3.05) is 7.11 Å². The molecule has 0 atom stereocenters. The first-order valence-electron chi connectivity index (χ1n) is 6.42. The molecule has 21 heavy (non-hydrogen) atoms.